The first kappa shape index (κ1) is 13.4. The van der Waals surface area contributed by atoms with Crippen LogP contribution in [0.4, 0.5) is 0 Å². The highest BCUT2D eigenvalue weighted by atomic mass is 16.2. The van der Waals surface area contributed by atoms with Crippen LogP contribution in [0.25, 0.3) is 0 Å². The average molecular weight is 241 g/mol. The largest absolute Gasteiger partial charge is 0.353 e. The Balaban J connectivity index is 2.75. The Morgan fingerprint density at radius 1 is 1.53 bits per heavy atom. The number of aliphatic imine (C=N–C) groups is 1. The van der Waals surface area contributed by atoms with E-state index in [0.717, 1.165) is 4.90 Å². The standard InChI is InChI=1S/C10H19N5O2/c1-6(2)12-10(14-11)13-7-4-5-8(16)15(3)9(7)17/h6-7H,4-5,11H2,1-3H3,(H2,12,13,14). The van der Waals surface area contributed by atoms with Gasteiger partial charge >= 0.3 is 0 Å². The van der Waals surface area contributed by atoms with Crippen molar-refractivity contribution in [2.75, 3.05) is 7.05 Å². The second kappa shape index (κ2) is 5.62. The SMILES string of the molecule is CC(C)NC(=NC1CCC(=O)N(C)C1=O)NN. The van der Waals surface area contributed by atoms with E-state index in [1.165, 1.54) is 7.05 Å². The number of rotatable bonds is 2. The fraction of sp³-hybridized carbons (Fsp3) is 0.700. The van der Waals surface area contributed by atoms with Crippen LogP contribution in [0.3, 0.4) is 0 Å². The first-order chi connectivity index (χ1) is 7.95. The zero-order valence-electron chi connectivity index (χ0n) is 10.4. The van der Waals surface area contributed by atoms with Crippen LogP contribution < -0.4 is 16.6 Å². The van der Waals surface area contributed by atoms with Crippen molar-refractivity contribution in [2.45, 2.75) is 38.8 Å². The maximum Gasteiger partial charge on any atom is 0.253 e. The van der Waals surface area contributed by atoms with E-state index in [4.69, 9.17) is 5.84 Å². The van der Waals surface area contributed by atoms with E-state index in [2.05, 4.69) is 15.7 Å². The maximum atomic E-state index is 11.8. The van der Waals surface area contributed by atoms with Crippen molar-refractivity contribution in [3.8, 4) is 0 Å². The van der Waals surface area contributed by atoms with Gasteiger partial charge in [-0.2, -0.15) is 0 Å². The minimum atomic E-state index is -0.546. The van der Waals surface area contributed by atoms with Crippen LogP contribution >= 0.6 is 0 Å². The van der Waals surface area contributed by atoms with Crippen LogP contribution in [0.1, 0.15) is 26.7 Å². The lowest BCUT2D eigenvalue weighted by molar-refractivity contribution is -0.147. The van der Waals surface area contributed by atoms with Crippen LogP contribution in [-0.4, -0.2) is 41.8 Å². The number of nitrogens with zero attached hydrogens (tertiary/aromatic N) is 2. The number of nitrogens with one attached hydrogen (secondary N) is 2. The van der Waals surface area contributed by atoms with Crippen molar-refractivity contribution >= 4 is 17.8 Å². The molecule has 1 rings (SSSR count). The number of amides is 2. The number of hydrazine groups is 1. The monoisotopic (exact) mass is 241 g/mol. The maximum absolute atomic E-state index is 11.8. The van der Waals surface area contributed by atoms with Gasteiger partial charge < -0.3 is 5.32 Å². The summed E-state index contributed by atoms with van der Waals surface area (Å²) in [7, 11) is 1.47. The minimum Gasteiger partial charge on any atom is -0.353 e. The summed E-state index contributed by atoms with van der Waals surface area (Å²) in [6.07, 6.45) is 0.753. The number of imide groups is 1. The van der Waals surface area contributed by atoms with Crippen LogP contribution in [-0.2, 0) is 9.59 Å². The van der Waals surface area contributed by atoms with Crippen molar-refractivity contribution < 1.29 is 9.59 Å². The number of hydrogen-bond acceptors (Lipinski definition) is 4. The highest BCUT2D eigenvalue weighted by Crippen LogP contribution is 2.14. The van der Waals surface area contributed by atoms with Gasteiger partial charge in [-0.3, -0.25) is 19.9 Å². The van der Waals surface area contributed by atoms with Gasteiger partial charge in [0.15, 0.2) is 0 Å². The van der Waals surface area contributed by atoms with E-state index in [9.17, 15) is 9.59 Å². The number of nitrogens with two attached hydrogens (primary N) is 1. The number of likely N-dealkylation sites (tertiary alicyclic amines) is 1. The highest BCUT2D eigenvalue weighted by molar-refractivity contribution is 6.01. The first-order valence-corrected chi connectivity index (χ1v) is 5.57. The predicted molar refractivity (Wildman–Crippen MR) is 63.8 cm³/mol. The van der Waals surface area contributed by atoms with E-state index >= 15 is 0 Å². The van der Waals surface area contributed by atoms with Gasteiger partial charge in [-0.1, -0.05) is 0 Å². The summed E-state index contributed by atoms with van der Waals surface area (Å²) < 4.78 is 0. The van der Waals surface area contributed by atoms with Crippen LogP contribution in [0.15, 0.2) is 4.99 Å². The molecule has 4 N–H and O–H groups in total. The molecule has 1 aliphatic heterocycles. The zero-order chi connectivity index (χ0) is 13.0. The molecule has 0 aromatic rings. The third kappa shape index (κ3) is 3.42. The van der Waals surface area contributed by atoms with Crippen molar-refractivity contribution in [1.29, 1.82) is 0 Å². The quantitative estimate of drug-likeness (QED) is 0.188. The highest BCUT2D eigenvalue weighted by Gasteiger charge is 2.31. The van der Waals surface area contributed by atoms with Gasteiger partial charge in [0.1, 0.15) is 6.04 Å². The number of likely N-dealkylation sites (N-methyl/N-ethyl adjacent to an activating group) is 1. The Labute approximate surface area is 100 Å². The molecule has 1 aliphatic rings. The molecule has 0 spiro atoms. The fourth-order valence-corrected chi connectivity index (χ4v) is 1.56. The molecule has 0 bridgehead atoms. The van der Waals surface area contributed by atoms with Gasteiger partial charge in [-0.15, -0.1) is 0 Å². The Morgan fingerprint density at radius 3 is 2.71 bits per heavy atom. The van der Waals surface area contributed by atoms with Gasteiger partial charge in [-0.25, -0.2) is 10.8 Å². The molecule has 7 heteroatoms. The van der Waals surface area contributed by atoms with Gasteiger partial charge in [0.25, 0.3) is 5.91 Å². The Bertz CT molecular complexity index is 340. The van der Waals surface area contributed by atoms with Crippen LogP contribution in [0.2, 0.25) is 0 Å². The molecule has 0 saturated carbocycles. The number of piperidine rings is 1. The number of hydrogen-bond donors (Lipinski definition) is 3. The molecule has 17 heavy (non-hydrogen) atoms. The fourth-order valence-electron chi connectivity index (χ4n) is 1.56. The summed E-state index contributed by atoms with van der Waals surface area (Å²) in [5.74, 6) is 5.21. The molecule has 1 unspecified atom stereocenters. The molecule has 1 atom stereocenters. The summed E-state index contributed by atoms with van der Waals surface area (Å²) in [5, 5.41) is 2.98. The molecule has 0 aromatic carbocycles. The predicted octanol–water partition coefficient (Wildman–Crippen LogP) is -1.05. The summed E-state index contributed by atoms with van der Waals surface area (Å²) in [6.45, 7) is 3.87. The molecule has 0 radical (unpaired) electrons. The van der Waals surface area contributed by atoms with Crippen molar-refractivity contribution in [1.82, 2.24) is 15.6 Å². The summed E-state index contributed by atoms with van der Waals surface area (Å²) >= 11 is 0. The topological polar surface area (TPSA) is 99.8 Å². The lowest BCUT2D eigenvalue weighted by Gasteiger charge is -2.26. The van der Waals surface area contributed by atoms with E-state index < -0.39 is 6.04 Å². The second-order valence-corrected chi connectivity index (χ2v) is 4.27. The van der Waals surface area contributed by atoms with Gasteiger partial charge in [0, 0.05) is 19.5 Å². The average Bonchev–Trinajstić information content (AvgIpc) is 2.28. The zero-order valence-corrected chi connectivity index (χ0v) is 10.4. The van der Waals surface area contributed by atoms with Crippen molar-refractivity contribution in [2.24, 2.45) is 10.8 Å². The van der Waals surface area contributed by atoms with Gasteiger partial charge in [0.05, 0.1) is 0 Å². The number of guanidine groups is 1. The molecule has 0 aliphatic carbocycles. The third-order valence-electron chi connectivity index (χ3n) is 2.47. The Morgan fingerprint density at radius 2 is 2.18 bits per heavy atom. The summed E-state index contributed by atoms with van der Waals surface area (Å²) in [4.78, 5) is 28.4. The number of carbonyl (C=O) groups is 2. The molecule has 2 amide bonds. The number of carbonyl (C=O) groups excluding carboxylic acids is 2. The normalized spacial score (nSPS) is 22.1. The summed E-state index contributed by atoms with van der Waals surface area (Å²) in [5.41, 5.74) is 2.41. The molecule has 0 aromatic heterocycles. The van der Waals surface area contributed by atoms with E-state index in [1.54, 1.807) is 0 Å². The molecular formula is C10H19N5O2. The van der Waals surface area contributed by atoms with Gasteiger partial charge in [0.2, 0.25) is 11.9 Å². The van der Waals surface area contributed by atoms with E-state index in [-0.39, 0.29) is 17.9 Å². The Hall–Kier alpha value is -1.63. The second-order valence-electron chi connectivity index (χ2n) is 4.27. The first-order valence-electron chi connectivity index (χ1n) is 5.57. The Kier molecular flexibility index (Phi) is 4.45. The summed E-state index contributed by atoms with van der Waals surface area (Å²) in [6, 6.07) is -0.391. The van der Waals surface area contributed by atoms with Gasteiger partial charge in [-0.05, 0) is 20.3 Å². The van der Waals surface area contributed by atoms with Crippen molar-refractivity contribution in [3.05, 3.63) is 0 Å². The lowest BCUT2D eigenvalue weighted by atomic mass is 10.1. The smallest absolute Gasteiger partial charge is 0.253 e. The molecule has 1 fully saturated rings. The molecule has 1 saturated heterocycles. The van der Waals surface area contributed by atoms with Crippen LogP contribution in [0, 0.1) is 0 Å². The minimum absolute atomic E-state index is 0.155. The molecular weight excluding hydrogens is 222 g/mol. The third-order valence-corrected chi connectivity index (χ3v) is 2.47. The lowest BCUT2D eigenvalue weighted by Crippen LogP contribution is -2.49. The van der Waals surface area contributed by atoms with E-state index in [1.807, 2.05) is 13.8 Å². The van der Waals surface area contributed by atoms with Crippen molar-refractivity contribution in [3.63, 3.8) is 0 Å². The molecule has 96 valence electrons. The molecule has 1 heterocycles. The molecule has 7 nitrogen and oxygen atoms in total. The van der Waals surface area contributed by atoms with E-state index in [0.29, 0.717) is 18.8 Å². The van der Waals surface area contributed by atoms with Crippen LogP contribution in [0.5, 0.6) is 0 Å².